The quantitative estimate of drug-likeness (QED) is 0.726. The van der Waals surface area contributed by atoms with Gasteiger partial charge in [-0.1, -0.05) is 19.9 Å². The molecule has 0 heterocycles. The third-order valence-electron chi connectivity index (χ3n) is 3.77. The predicted octanol–water partition coefficient (Wildman–Crippen LogP) is 1.96. The zero-order valence-electron chi connectivity index (χ0n) is 14.9. The summed E-state index contributed by atoms with van der Waals surface area (Å²) in [6, 6.07) is 4.16. The van der Waals surface area contributed by atoms with Crippen LogP contribution in [0.1, 0.15) is 25.8 Å². The van der Waals surface area contributed by atoms with Gasteiger partial charge in [-0.05, 0) is 24.6 Å². The molecule has 0 atom stereocenters. The van der Waals surface area contributed by atoms with Crippen LogP contribution in [0.3, 0.4) is 0 Å². The molecule has 1 rings (SSSR count). The number of nitrogens with one attached hydrogen (secondary N) is 1. The molecule has 0 saturated carbocycles. The number of carbonyl (C=O) groups excluding carboxylic acids is 1. The highest BCUT2D eigenvalue weighted by Crippen LogP contribution is 2.23. The lowest BCUT2D eigenvalue weighted by Crippen LogP contribution is -2.33. The van der Waals surface area contributed by atoms with Crippen LogP contribution in [0.15, 0.2) is 23.1 Å². The van der Waals surface area contributed by atoms with Gasteiger partial charge in [-0.2, -0.15) is 4.31 Å². The van der Waals surface area contributed by atoms with Crippen LogP contribution in [-0.4, -0.2) is 61.4 Å². The van der Waals surface area contributed by atoms with Gasteiger partial charge in [0.1, 0.15) is 0 Å². The Morgan fingerprint density at radius 2 is 1.80 bits per heavy atom. The van der Waals surface area contributed by atoms with Gasteiger partial charge in [0, 0.05) is 32.4 Å². The van der Waals surface area contributed by atoms with Crippen molar-refractivity contribution in [1.82, 2.24) is 9.21 Å². The fraction of sp³-hybridized carbons (Fsp3) is 0.500. The van der Waals surface area contributed by atoms with Gasteiger partial charge in [-0.25, -0.2) is 13.2 Å². The average Bonchev–Trinajstić information content (AvgIpc) is 2.54. The van der Waals surface area contributed by atoms with Crippen molar-refractivity contribution in [1.29, 1.82) is 0 Å². The maximum absolute atomic E-state index is 12.7. The van der Waals surface area contributed by atoms with Crippen molar-refractivity contribution in [2.24, 2.45) is 0 Å². The first-order valence-electron chi connectivity index (χ1n) is 7.98. The molecule has 0 aromatic heterocycles. The summed E-state index contributed by atoms with van der Waals surface area (Å²) >= 11 is 0. The molecular weight excluding hydrogens is 346 g/mol. The second kappa shape index (κ2) is 8.82. The Hall–Kier alpha value is -2.13. The molecule has 8 nitrogen and oxygen atoms in total. The Morgan fingerprint density at radius 3 is 2.32 bits per heavy atom. The lowest BCUT2D eigenvalue weighted by molar-refractivity contribution is -0.137. The summed E-state index contributed by atoms with van der Waals surface area (Å²) in [5.74, 6) is -0.998. The monoisotopic (exact) mass is 371 g/mol. The molecule has 2 amide bonds. The van der Waals surface area contributed by atoms with Crippen LogP contribution in [0, 0.1) is 6.92 Å². The van der Waals surface area contributed by atoms with E-state index in [0.717, 1.165) is 0 Å². The van der Waals surface area contributed by atoms with Crippen LogP contribution in [0.2, 0.25) is 0 Å². The second-order valence-electron chi connectivity index (χ2n) is 5.57. The number of amides is 2. The molecule has 0 aliphatic rings. The number of hydrogen-bond donors (Lipinski definition) is 2. The van der Waals surface area contributed by atoms with Crippen LogP contribution in [0.5, 0.6) is 0 Å². The summed E-state index contributed by atoms with van der Waals surface area (Å²) in [5, 5.41) is 11.3. The number of benzene rings is 1. The predicted molar refractivity (Wildman–Crippen MR) is 95.2 cm³/mol. The largest absolute Gasteiger partial charge is 0.481 e. The van der Waals surface area contributed by atoms with Crippen molar-refractivity contribution < 1.29 is 23.1 Å². The molecular formula is C16H25N3O5S. The number of carboxylic acids is 1. The number of carbonyl (C=O) groups is 2. The maximum Gasteiger partial charge on any atom is 0.321 e. The second-order valence-corrected chi connectivity index (χ2v) is 7.47. The van der Waals surface area contributed by atoms with Gasteiger partial charge in [0.2, 0.25) is 10.0 Å². The molecule has 0 spiro atoms. The highest BCUT2D eigenvalue weighted by molar-refractivity contribution is 7.89. The van der Waals surface area contributed by atoms with Gasteiger partial charge in [-0.3, -0.25) is 4.79 Å². The normalized spacial score (nSPS) is 11.4. The first kappa shape index (κ1) is 20.9. The topological polar surface area (TPSA) is 107 Å². The first-order chi connectivity index (χ1) is 11.6. The number of rotatable bonds is 8. The Bertz CT molecular complexity index is 729. The van der Waals surface area contributed by atoms with E-state index in [1.165, 1.54) is 22.3 Å². The minimum Gasteiger partial charge on any atom is -0.481 e. The van der Waals surface area contributed by atoms with E-state index in [2.05, 4.69) is 5.32 Å². The third kappa shape index (κ3) is 5.43. The number of carboxylic acid groups (broad SMARTS) is 1. The van der Waals surface area contributed by atoms with Crippen molar-refractivity contribution in [2.75, 3.05) is 32.0 Å². The van der Waals surface area contributed by atoms with Crippen LogP contribution in [0.4, 0.5) is 10.5 Å². The lowest BCUT2D eigenvalue weighted by atomic mass is 10.2. The summed E-state index contributed by atoms with van der Waals surface area (Å²) in [7, 11) is -2.17. The summed E-state index contributed by atoms with van der Waals surface area (Å²) in [6.07, 6.45) is -0.167. The van der Waals surface area contributed by atoms with Gasteiger partial charge in [0.15, 0.2) is 0 Å². The molecule has 0 fully saturated rings. The zero-order chi connectivity index (χ0) is 19.2. The van der Waals surface area contributed by atoms with Crippen molar-refractivity contribution in [3.8, 4) is 0 Å². The van der Waals surface area contributed by atoms with E-state index in [4.69, 9.17) is 5.11 Å². The number of aliphatic carboxylic acids is 1. The third-order valence-corrected chi connectivity index (χ3v) is 5.96. The van der Waals surface area contributed by atoms with Gasteiger partial charge in [-0.15, -0.1) is 0 Å². The number of hydrogen-bond acceptors (Lipinski definition) is 4. The van der Waals surface area contributed by atoms with Gasteiger partial charge in [0.25, 0.3) is 0 Å². The Kier molecular flexibility index (Phi) is 7.38. The summed E-state index contributed by atoms with van der Waals surface area (Å²) < 4.78 is 26.8. The molecule has 0 saturated heterocycles. The average molecular weight is 371 g/mol. The van der Waals surface area contributed by atoms with E-state index < -0.39 is 22.0 Å². The minimum atomic E-state index is -3.64. The van der Waals surface area contributed by atoms with Gasteiger partial charge >= 0.3 is 12.0 Å². The van der Waals surface area contributed by atoms with Gasteiger partial charge in [0.05, 0.1) is 11.3 Å². The highest BCUT2D eigenvalue weighted by atomic mass is 32.2. The molecule has 140 valence electrons. The Morgan fingerprint density at radius 1 is 1.20 bits per heavy atom. The molecule has 25 heavy (non-hydrogen) atoms. The number of aryl methyl sites for hydroxylation is 1. The standard InChI is InChI=1S/C16H25N3O5S/c1-5-19(6-2)25(23,24)14-11-13(8-7-12(14)3)17-16(22)18(4)10-9-15(20)21/h7-8,11H,5-6,9-10H2,1-4H3,(H,17,22)(H,20,21). The summed E-state index contributed by atoms with van der Waals surface area (Å²) in [5.41, 5.74) is 0.924. The molecule has 0 radical (unpaired) electrons. The summed E-state index contributed by atoms with van der Waals surface area (Å²) in [4.78, 5) is 24.0. The molecule has 0 aliphatic carbocycles. The van der Waals surface area contributed by atoms with E-state index in [0.29, 0.717) is 24.3 Å². The Labute approximate surface area is 148 Å². The van der Waals surface area contributed by atoms with Crippen LogP contribution >= 0.6 is 0 Å². The van der Waals surface area contributed by atoms with Crippen LogP contribution < -0.4 is 5.32 Å². The van der Waals surface area contributed by atoms with E-state index >= 15 is 0 Å². The maximum atomic E-state index is 12.7. The number of anilines is 1. The van der Waals surface area contributed by atoms with Crippen molar-refractivity contribution in [3.05, 3.63) is 23.8 Å². The van der Waals surface area contributed by atoms with E-state index in [9.17, 15) is 18.0 Å². The lowest BCUT2D eigenvalue weighted by Gasteiger charge is -2.21. The van der Waals surface area contributed by atoms with Crippen molar-refractivity contribution in [2.45, 2.75) is 32.1 Å². The number of urea groups is 1. The van der Waals surface area contributed by atoms with E-state index in [1.807, 2.05) is 0 Å². The smallest absolute Gasteiger partial charge is 0.321 e. The Balaban J connectivity index is 3.02. The molecule has 2 N–H and O–H groups in total. The molecule has 0 aliphatic heterocycles. The van der Waals surface area contributed by atoms with Crippen LogP contribution in [-0.2, 0) is 14.8 Å². The first-order valence-corrected chi connectivity index (χ1v) is 9.42. The molecule has 0 unspecified atom stereocenters. The minimum absolute atomic E-state index is 0.0532. The SMILES string of the molecule is CCN(CC)S(=O)(=O)c1cc(NC(=O)N(C)CCC(=O)O)ccc1C. The molecule has 1 aromatic carbocycles. The van der Waals surface area contributed by atoms with E-state index in [-0.39, 0.29) is 17.9 Å². The van der Waals surface area contributed by atoms with Crippen molar-refractivity contribution >= 4 is 27.7 Å². The fourth-order valence-corrected chi connectivity index (χ4v) is 3.95. The number of sulfonamides is 1. The zero-order valence-corrected chi connectivity index (χ0v) is 15.8. The molecule has 0 bridgehead atoms. The van der Waals surface area contributed by atoms with Crippen molar-refractivity contribution in [3.63, 3.8) is 0 Å². The highest BCUT2D eigenvalue weighted by Gasteiger charge is 2.24. The van der Waals surface area contributed by atoms with E-state index in [1.54, 1.807) is 32.9 Å². The number of nitrogens with zero attached hydrogens (tertiary/aromatic N) is 2. The summed E-state index contributed by atoms with van der Waals surface area (Å²) in [6.45, 7) is 5.98. The van der Waals surface area contributed by atoms with Gasteiger partial charge < -0.3 is 15.3 Å². The van der Waals surface area contributed by atoms with Crippen LogP contribution in [0.25, 0.3) is 0 Å². The molecule has 1 aromatic rings. The fourth-order valence-electron chi connectivity index (χ4n) is 2.24. The molecule has 9 heteroatoms.